The van der Waals surface area contributed by atoms with E-state index in [1.54, 1.807) is 0 Å². The summed E-state index contributed by atoms with van der Waals surface area (Å²) in [6.07, 6.45) is 53.0. The van der Waals surface area contributed by atoms with Crippen molar-refractivity contribution in [3.63, 3.8) is 0 Å². The summed E-state index contributed by atoms with van der Waals surface area (Å²) in [5.41, 5.74) is 0. The lowest BCUT2D eigenvalue weighted by Gasteiger charge is -2.24. The third kappa shape index (κ3) is 42.5. The van der Waals surface area contributed by atoms with Crippen molar-refractivity contribution in [2.24, 2.45) is 0 Å². The topological polar surface area (TPSA) is 55.8 Å². The van der Waals surface area contributed by atoms with Gasteiger partial charge in [-0.1, -0.05) is 252 Å². The first-order valence-corrected chi connectivity index (χ1v) is 25.1. The number of ether oxygens (including phenoxy) is 2. The Hall–Kier alpha value is -0.610. The maximum Gasteiger partial charge on any atom is 0.305 e. The molecule has 0 fully saturated rings. The van der Waals surface area contributed by atoms with Gasteiger partial charge in [0.15, 0.2) is 0 Å². The average molecular weight is 765 g/mol. The van der Waals surface area contributed by atoms with Crippen LogP contribution in [0.4, 0.5) is 0 Å². The van der Waals surface area contributed by atoms with Crippen LogP contribution < -0.4 is 0 Å². The van der Waals surface area contributed by atoms with E-state index in [-0.39, 0.29) is 18.2 Å². The molecule has 0 aliphatic rings. The van der Waals surface area contributed by atoms with E-state index in [4.69, 9.17) is 9.47 Å². The van der Waals surface area contributed by atoms with Gasteiger partial charge < -0.3 is 14.6 Å². The highest BCUT2D eigenvalue weighted by Gasteiger charge is 2.19. The predicted octanol–water partition coefficient (Wildman–Crippen LogP) is 16.7. The number of hydrogen-bond acceptors (Lipinski definition) is 4. The number of carbonyl (C=O) groups is 1. The van der Waals surface area contributed by atoms with Crippen molar-refractivity contribution in [1.29, 1.82) is 0 Å². The van der Waals surface area contributed by atoms with Crippen LogP contribution in [0.2, 0.25) is 0 Å². The van der Waals surface area contributed by atoms with E-state index in [1.807, 2.05) is 0 Å². The Labute approximate surface area is 340 Å². The molecular formula is C50H100O4. The molecule has 0 aromatic rings. The Morgan fingerprint density at radius 1 is 0.370 bits per heavy atom. The molecule has 0 saturated carbocycles. The maximum atomic E-state index is 12.2. The third-order valence-corrected chi connectivity index (χ3v) is 11.7. The smallest absolute Gasteiger partial charge is 0.305 e. The molecule has 1 N–H and O–H groups in total. The molecule has 0 spiro atoms. The molecule has 0 saturated heterocycles. The summed E-state index contributed by atoms with van der Waals surface area (Å²) in [6.45, 7) is 8.24. The lowest BCUT2D eigenvalue weighted by atomic mass is 9.99. The second-order valence-electron chi connectivity index (χ2n) is 17.3. The molecule has 0 bridgehead atoms. The van der Waals surface area contributed by atoms with E-state index in [0.29, 0.717) is 13.0 Å². The monoisotopic (exact) mass is 765 g/mol. The summed E-state index contributed by atoms with van der Waals surface area (Å²) in [5.74, 6) is -0.0198. The SMILES string of the molecule is CCCCCCCCCCCCCCCCOC(=O)CCCCCCCC(O)C(CCCCCCCC)OCCCCCCCCCCCCCCCC. The van der Waals surface area contributed by atoms with Crippen molar-refractivity contribution < 1.29 is 19.4 Å². The van der Waals surface area contributed by atoms with Crippen molar-refractivity contribution in [3.05, 3.63) is 0 Å². The van der Waals surface area contributed by atoms with Crippen LogP contribution in [-0.4, -0.2) is 36.5 Å². The summed E-state index contributed by atoms with van der Waals surface area (Å²) in [7, 11) is 0. The molecule has 0 heterocycles. The van der Waals surface area contributed by atoms with Crippen molar-refractivity contribution in [2.75, 3.05) is 13.2 Å². The molecule has 2 atom stereocenters. The van der Waals surface area contributed by atoms with Crippen molar-refractivity contribution in [1.82, 2.24) is 0 Å². The van der Waals surface area contributed by atoms with Gasteiger partial charge in [-0.3, -0.25) is 4.79 Å². The molecule has 324 valence electrons. The number of aliphatic hydroxyl groups excluding tert-OH is 1. The van der Waals surface area contributed by atoms with Crippen LogP contribution in [0.25, 0.3) is 0 Å². The Morgan fingerprint density at radius 2 is 0.667 bits per heavy atom. The fourth-order valence-electron chi connectivity index (χ4n) is 7.94. The molecule has 0 aromatic heterocycles. The summed E-state index contributed by atoms with van der Waals surface area (Å²) < 4.78 is 11.9. The largest absolute Gasteiger partial charge is 0.466 e. The van der Waals surface area contributed by atoms with E-state index >= 15 is 0 Å². The van der Waals surface area contributed by atoms with Crippen LogP contribution in [0.1, 0.15) is 290 Å². The minimum Gasteiger partial charge on any atom is -0.466 e. The molecule has 0 amide bonds. The van der Waals surface area contributed by atoms with Crippen LogP contribution in [0, 0.1) is 0 Å². The van der Waals surface area contributed by atoms with Crippen LogP contribution >= 0.6 is 0 Å². The first kappa shape index (κ1) is 53.4. The second kappa shape index (κ2) is 46.8. The molecule has 0 aromatic carbocycles. The molecule has 0 aliphatic heterocycles. The molecule has 4 heteroatoms. The highest BCUT2D eigenvalue weighted by atomic mass is 16.5. The van der Waals surface area contributed by atoms with E-state index in [1.165, 1.54) is 205 Å². The normalized spacial score (nSPS) is 12.7. The lowest BCUT2D eigenvalue weighted by Crippen LogP contribution is -2.29. The zero-order valence-electron chi connectivity index (χ0n) is 37.4. The van der Waals surface area contributed by atoms with Crippen molar-refractivity contribution in [2.45, 2.75) is 303 Å². The number of hydrogen-bond donors (Lipinski definition) is 1. The molecule has 2 unspecified atom stereocenters. The van der Waals surface area contributed by atoms with Crippen LogP contribution in [0.5, 0.6) is 0 Å². The molecule has 54 heavy (non-hydrogen) atoms. The number of aliphatic hydroxyl groups is 1. The van der Waals surface area contributed by atoms with E-state index < -0.39 is 0 Å². The Morgan fingerprint density at radius 3 is 1.06 bits per heavy atom. The van der Waals surface area contributed by atoms with Crippen LogP contribution in [0.15, 0.2) is 0 Å². The third-order valence-electron chi connectivity index (χ3n) is 11.7. The Kier molecular flexibility index (Phi) is 46.2. The standard InChI is InChI=1S/C50H100O4/c1-4-7-10-13-16-18-20-22-24-26-28-30-36-41-46-53-49(44-39-34-15-12-9-6-3)48(51)43-38-33-32-35-40-45-50(52)54-47-42-37-31-29-27-25-23-21-19-17-14-11-8-5-2/h48-49,51H,4-47H2,1-3H3. The fraction of sp³-hybridized carbons (Fsp3) is 0.980. The average Bonchev–Trinajstić information content (AvgIpc) is 3.17. The molecule has 0 radical (unpaired) electrons. The van der Waals surface area contributed by atoms with Gasteiger partial charge in [-0.15, -0.1) is 0 Å². The number of carbonyl (C=O) groups excluding carboxylic acids is 1. The predicted molar refractivity (Wildman–Crippen MR) is 238 cm³/mol. The van der Waals surface area contributed by atoms with Gasteiger partial charge in [-0.25, -0.2) is 0 Å². The number of rotatable bonds is 47. The summed E-state index contributed by atoms with van der Waals surface area (Å²) in [4.78, 5) is 12.2. The van der Waals surface area contributed by atoms with Crippen molar-refractivity contribution in [3.8, 4) is 0 Å². The Bertz CT molecular complexity index is 696. The first-order chi connectivity index (χ1) is 26.7. The van der Waals surface area contributed by atoms with E-state index in [2.05, 4.69) is 20.8 Å². The molecule has 4 nitrogen and oxygen atoms in total. The van der Waals surface area contributed by atoms with Gasteiger partial charge in [0.1, 0.15) is 0 Å². The quantitative estimate of drug-likeness (QED) is 0.0495. The van der Waals surface area contributed by atoms with Gasteiger partial charge >= 0.3 is 5.97 Å². The van der Waals surface area contributed by atoms with E-state index in [9.17, 15) is 9.90 Å². The van der Waals surface area contributed by atoms with E-state index in [0.717, 1.165) is 64.4 Å². The number of esters is 1. The van der Waals surface area contributed by atoms with Crippen LogP contribution in [-0.2, 0) is 14.3 Å². The second-order valence-corrected chi connectivity index (χ2v) is 17.3. The zero-order chi connectivity index (χ0) is 39.3. The van der Waals surface area contributed by atoms with Gasteiger partial charge in [-0.05, 0) is 32.1 Å². The number of unbranched alkanes of at least 4 members (excludes halogenated alkanes) is 35. The highest BCUT2D eigenvalue weighted by molar-refractivity contribution is 5.69. The highest BCUT2D eigenvalue weighted by Crippen LogP contribution is 2.20. The van der Waals surface area contributed by atoms with Crippen LogP contribution in [0.3, 0.4) is 0 Å². The van der Waals surface area contributed by atoms with Gasteiger partial charge in [0.2, 0.25) is 0 Å². The maximum absolute atomic E-state index is 12.2. The van der Waals surface area contributed by atoms with Gasteiger partial charge in [-0.2, -0.15) is 0 Å². The summed E-state index contributed by atoms with van der Waals surface area (Å²) >= 11 is 0. The van der Waals surface area contributed by atoms with Crippen molar-refractivity contribution >= 4 is 5.97 Å². The zero-order valence-corrected chi connectivity index (χ0v) is 37.4. The summed E-state index contributed by atoms with van der Waals surface area (Å²) in [6, 6.07) is 0. The van der Waals surface area contributed by atoms with Gasteiger partial charge in [0, 0.05) is 13.0 Å². The minimum atomic E-state index is -0.350. The first-order valence-electron chi connectivity index (χ1n) is 25.1. The Balaban J connectivity index is 3.85. The van der Waals surface area contributed by atoms with Gasteiger partial charge in [0.05, 0.1) is 18.8 Å². The molecule has 0 aliphatic carbocycles. The fourth-order valence-corrected chi connectivity index (χ4v) is 7.94. The van der Waals surface area contributed by atoms with Gasteiger partial charge in [0.25, 0.3) is 0 Å². The lowest BCUT2D eigenvalue weighted by molar-refractivity contribution is -0.143. The summed E-state index contributed by atoms with van der Waals surface area (Å²) in [5, 5.41) is 11.1. The molecule has 0 rings (SSSR count). The minimum absolute atomic E-state index is 0.00682. The molecular weight excluding hydrogens is 665 g/mol.